The lowest BCUT2D eigenvalue weighted by Crippen LogP contribution is -2.83. The lowest BCUT2D eigenvalue weighted by Gasteiger charge is -2.50. The molecule has 0 saturated heterocycles. The standard InChI is InChI=1S/C6H21N7/c1-4(7,8)13(5(2,9)10)6(3,11)12/h7-12H2,1-3H3. The van der Waals surface area contributed by atoms with Crippen molar-refractivity contribution in [1.82, 2.24) is 4.90 Å². The van der Waals surface area contributed by atoms with E-state index in [9.17, 15) is 0 Å². The van der Waals surface area contributed by atoms with Crippen LogP contribution in [0.5, 0.6) is 0 Å². The third-order valence-corrected chi connectivity index (χ3v) is 1.45. The fourth-order valence-electron chi connectivity index (χ4n) is 1.56. The summed E-state index contributed by atoms with van der Waals surface area (Å²) in [6, 6.07) is 0. The van der Waals surface area contributed by atoms with Gasteiger partial charge in [-0.3, -0.25) is 0 Å². The van der Waals surface area contributed by atoms with E-state index in [1.165, 1.54) is 25.7 Å². The van der Waals surface area contributed by atoms with Gasteiger partial charge in [0.05, 0.1) is 0 Å². The Kier molecular flexibility index (Phi) is 3.07. The highest BCUT2D eigenvalue weighted by atomic mass is 15.6. The second-order valence-corrected chi connectivity index (χ2v) is 4.01. The molecule has 0 aromatic rings. The Morgan fingerprint density at radius 3 is 0.769 bits per heavy atom. The van der Waals surface area contributed by atoms with E-state index >= 15 is 0 Å². The van der Waals surface area contributed by atoms with E-state index in [1.807, 2.05) is 0 Å². The van der Waals surface area contributed by atoms with Crippen molar-refractivity contribution in [1.29, 1.82) is 0 Å². The van der Waals surface area contributed by atoms with Gasteiger partial charge in [0.15, 0.2) is 0 Å². The molecule has 0 rings (SSSR count). The zero-order valence-corrected chi connectivity index (χ0v) is 8.41. The molecule has 12 N–H and O–H groups in total. The number of rotatable bonds is 3. The zero-order valence-electron chi connectivity index (χ0n) is 8.41. The molecule has 0 atom stereocenters. The maximum Gasteiger partial charge on any atom is 0.123 e. The number of nitrogens with zero attached hydrogens (tertiary/aromatic N) is 1. The molecule has 0 spiro atoms. The van der Waals surface area contributed by atoms with Crippen LogP contribution >= 0.6 is 0 Å². The van der Waals surface area contributed by atoms with Gasteiger partial charge < -0.3 is 34.4 Å². The van der Waals surface area contributed by atoms with Crippen LogP contribution in [-0.2, 0) is 0 Å². The van der Waals surface area contributed by atoms with Crippen LogP contribution in [0.4, 0.5) is 0 Å². The average Bonchev–Trinajstić information content (AvgIpc) is 1.44. The van der Waals surface area contributed by atoms with Gasteiger partial charge in [-0.2, -0.15) is 0 Å². The Bertz CT molecular complexity index is 136. The monoisotopic (exact) mass is 191 g/mol. The zero-order chi connectivity index (χ0) is 11.1. The maximum absolute atomic E-state index is 5.64. The quantitative estimate of drug-likeness (QED) is 0.260. The summed E-state index contributed by atoms with van der Waals surface area (Å²) in [7, 11) is 0. The summed E-state index contributed by atoms with van der Waals surface area (Å²) in [5.41, 5.74) is 33.8. The first-order chi connectivity index (χ1) is 5.37. The molecule has 0 aliphatic rings. The Labute approximate surface area is 78.4 Å². The van der Waals surface area contributed by atoms with E-state index in [1.54, 1.807) is 0 Å². The van der Waals surface area contributed by atoms with Crippen molar-refractivity contribution >= 4 is 0 Å². The van der Waals surface area contributed by atoms with Crippen LogP contribution in [-0.4, -0.2) is 22.3 Å². The minimum absolute atomic E-state index is 1.23. The molecule has 0 unspecified atom stereocenters. The minimum Gasteiger partial charge on any atom is -0.301 e. The molecule has 0 aliphatic heterocycles. The molecule has 0 bridgehead atoms. The third kappa shape index (κ3) is 3.53. The van der Waals surface area contributed by atoms with E-state index < -0.39 is 17.4 Å². The average molecular weight is 191 g/mol. The highest BCUT2D eigenvalue weighted by Gasteiger charge is 2.42. The Balaban J connectivity index is 5.02. The molecular weight excluding hydrogens is 170 g/mol. The summed E-state index contributed by atoms with van der Waals surface area (Å²) < 4.78 is 0. The molecular formula is C6H21N7. The first-order valence-corrected chi connectivity index (χ1v) is 3.90. The van der Waals surface area contributed by atoms with Crippen LogP contribution in [0.3, 0.4) is 0 Å². The van der Waals surface area contributed by atoms with E-state index in [0.29, 0.717) is 0 Å². The van der Waals surface area contributed by atoms with E-state index in [4.69, 9.17) is 34.4 Å². The lowest BCUT2D eigenvalue weighted by molar-refractivity contribution is -0.0750. The van der Waals surface area contributed by atoms with Gasteiger partial charge >= 0.3 is 0 Å². The molecule has 7 nitrogen and oxygen atoms in total. The van der Waals surface area contributed by atoms with Gasteiger partial charge in [0.2, 0.25) is 0 Å². The van der Waals surface area contributed by atoms with Crippen molar-refractivity contribution in [2.45, 2.75) is 38.1 Å². The summed E-state index contributed by atoms with van der Waals surface area (Å²) in [4.78, 5) is 1.23. The van der Waals surface area contributed by atoms with E-state index in [2.05, 4.69) is 0 Å². The smallest absolute Gasteiger partial charge is 0.123 e. The predicted octanol–water partition coefficient (Wildman–Crippen LogP) is -2.94. The summed E-state index contributed by atoms with van der Waals surface area (Å²) in [6.07, 6.45) is 0. The molecule has 13 heavy (non-hydrogen) atoms. The van der Waals surface area contributed by atoms with Gasteiger partial charge in [-0.05, 0) is 20.8 Å². The first kappa shape index (κ1) is 12.7. The van der Waals surface area contributed by atoms with E-state index in [0.717, 1.165) is 0 Å². The van der Waals surface area contributed by atoms with Gasteiger partial charge in [0.25, 0.3) is 0 Å². The number of hydrogen-bond donors (Lipinski definition) is 6. The van der Waals surface area contributed by atoms with Crippen LogP contribution in [0.25, 0.3) is 0 Å². The summed E-state index contributed by atoms with van der Waals surface area (Å²) in [5, 5.41) is 0. The molecule has 7 heteroatoms. The highest BCUT2D eigenvalue weighted by molar-refractivity contribution is 4.90. The first-order valence-electron chi connectivity index (χ1n) is 3.90. The van der Waals surface area contributed by atoms with Crippen molar-refractivity contribution in [2.24, 2.45) is 34.4 Å². The van der Waals surface area contributed by atoms with Crippen LogP contribution in [0, 0.1) is 0 Å². The molecule has 0 radical (unpaired) electrons. The van der Waals surface area contributed by atoms with Crippen molar-refractivity contribution < 1.29 is 0 Å². The van der Waals surface area contributed by atoms with Crippen LogP contribution in [0.2, 0.25) is 0 Å². The number of hydrogen-bond acceptors (Lipinski definition) is 7. The van der Waals surface area contributed by atoms with Gasteiger partial charge in [-0.1, -0.05) is 0 Å². The van der Waals surface area contributed by atoms with Crippen LogP contribution in [0.15, 0.2) is 0 Å². The predicted molar refractivity (Wildman–Crippen MR) is 52.2 cm³/mol. The fourth-order valence-corrected chi connectivity index (χ4v) is 1.56. The fraction of sp³-hybridized carbons (Fsp3) is 1.00. The van der Waals surface area contributed by atoms with Crippen molar-refractivity contribution in [3.63, 3.8) is 0 Å². The Morgan fingerprint density at radius 1 is 0.615 bits per heavy atom. The number of nitrogens with two attached hydrogens (primary N) is 6. The Morgan fingerprint density at radius 2 is 0.769 bits per heavy atom. The van der Waals surface area contributed by atoms with Gasteiger partial charge in [0, 0.05) is 0 Å². The topological polar surface area (TPSA) is 159 Å². The van der Waals surface area contributed by atoms with Crippen LogP contribution < -0.4 is 34.4 Å². The van der Waals surface area contributed by atoms with Crippen molar-refractivity contribution in [3.8, 4) is 0 Å². The maximum atomic E-state index is 5.64. The SMILES string of the molecule is CC(N)(N)N(C(C)(N)N)C(C)(N)N. The highest BCUT2D eigenvalue weighted by Crippen LogP contribution is 2.15. The third-order valence-electron chi connectivity index (χ3n) is 1.45. The summed E-state index contributed by atoms with van der Waals surface area (Å²) >= 11 is 0. The van der Waals surface area contributed by atoms with Gasteiger partial charge in [0.1, 0.15) is 17.4 Å². The Hall–Kier alpha value is -0.280. The van der Waals surface area contributed by atoms with Gasteiger partial charge in [-0.15, -0.1) is 0 Å². The summed E-state index contributed by atoms with van der Waals surface area (Å²) in [6.45, 7) is 4.55. The molecule has 0 heterocycles. The molecule has 80 valence electrons. The molecule has 0 aliphatic carbocycles. The second-order valence-electron chi connectivity index (χ2n) is 4.01. The largest absolute Gasteiger partial charge is 0.301 e. The van der Waals surface area contributed by atoms with Crippen LogP contribution in [0.1, 0.15) is 20.8 Å². The van der Waals surface area contributed by atoms with E-state index in [-0.39, 0.29) is 0 Å². The normalized spacial score (nSPS) is 15.2. The lowest BCUT2D eigenvalue weighted by atomic mass is 10.2. The molecule has 0 aromatic carbocycles. The molecule has 0 aromatic heterocycles. The minimum atomic E-state index is -1.28. The van der Waals surface area contributed by atoms with Crippen molar-refractivity contribution in [3.05, 3.63) is 0 Å². The molecule has 0 saturated carbocycles. The molecule has 0 amide bonds. The van der Waals surface area contributed by atoms with Crippen molar-refractivity contribution in [2.75, 3.05) is 0 Å². The van der Waals surface area contributed by atoms with Gasteiger partial charge in [-0.25, -0.2) is 4.90 Å². The second kappa shape index (κ2) is 3.14. The summed E-state index contributed by atoms with van der Waals surface area (Å²) in [5.74, 6) is -3.84. The molecule has 0 fully saturated rings.